The van der Waals surface area contributed by atoms with Crippen LogP contribution in [0.1, 0.15) is 30.0 Å². The fourth-order valence-electron chi connectivity index (χ4n) is 4.32. The number of carbonyl (C=O) groups is 2. The van der Waals surface area contributed by atoms with E-state index < -0.39 is 5.25 Å². The molecule has 8 nitrogen and oxygen atoms in total. The minimum absolute atomic E-state index is 0.0472. The summed E-state index contributed by atoms with van der Waals surface area (Å²) in [5, 5.41) is 9.95. The van der Waals surface area contributed by atoms with Gasteiger partial charge in [0.2, 0.25) is 5.91 Å². The van der Waals surface area contributed by atoms with Crippen molar-refractivity contribution < 1.29 is 19.1 Å². The van der Waals surface area contributed by atoms with E-state index in [2.05, 4.69) is 10.3 Å². The van der Waals surface area contributed by atoms with Crippen molar-refractivity contribution in [2.24, 2.45) is 10.1 Å². The third-order valence-electron chi connectivity index (χ3n) is 6.25. The normalized spacial score (nSPS) is 18.7. The molecule has 1 N–H and O–H groups in total. The zero-order valence-electron chi connectivity index (χ0n) is 20.8. The van der Waals surface area contributed by atoms with E-state index in [0.717, 1.165) is 16.8 Å². The Bertz CT molecular complexity index is 1410. The summed E-state index contributed by atoms with van der Waals surface area (Å²) in [5.41, 5.74) is 3.35. The lowest BCUT2D eigenvalue weighted by atomic mass is 9.99. The highest BCUT2D eigenvalue weighted by atomic mass is 35.5. The average molecular weight is 549 g/mol. The topological polar surface area (TPSA) is 92.6 Å². The first-order chi connectivity index (χ1) is 18.4. The van der Waals surface area contributed by atoms with Crippen LogP contribution in [-0.2, 0) is 9.59 Å². The van der Waals surface area contributed by atoms with Crippen LogP contribution in [0.3, 0.4) is 0 Å². The van der Waals surface area contributed by atoms with Crippen molar-refractivity contribution in [3.8, 4) is 11.5 Å². The summed E-state index contributed by atoms with van der Waals surface area (Å²) >= 11 is 7.33. The molecule has 0 radical (unpaired) electrons. The number of aliphatic imine (C=N–C) groups is 1. The van der Waals surface area contributed by atoms with E-state index >= 15 is 0 Å². The quantitative estimate of drug-likeness (QED) is 0.417. The number of amidine groups is 1. The second-order valence-electron chi connectivity index (χ2n) is 8.69. The van der Waals surface area contributed by atoms with Crippen molar-refractivity contribution in [2.45, 2.75) is 24.1 Å². The number of hydrazone groups is 1. The molecule has 5 rings (SSSR count). The lowest BCUT2D eigenvalue weighted by Gasteiger charge is -2.23. The van der Waals surface area contributed by atoms with Gasteiger partial charge in [-0.3, -0.25) is 9.59 Å². The summed E-state index contributed by atoms with van der Waals surface area (Å²) in [7, 11) is 3.06. The van der Waals surface area contributed by atoms with Gasteiger partial charge in [-0.05, 0) is 35.4 Å². The molecule has 0 aromatic heterocycles. The molecule has 0 aliphatic carbocycles. The molecule has 3 aromatic carbocycles. The van der Waals surface area contributed by atoms with E-state index in [1.165, 1.54) is 18.9 Å². The molecule has 0 saturated heterocycles. The largest absolute Gasteiger partial charge is 0.497 e. The van der Waals surface area contributed by atoms with Crippen molar-refractivity contribution in [2.75, 3.05) is 19.5 Å². The van der Waals surface area contributed by atoms with Gasteiger partial charge >= 0.3 is 0 Å². The molecule has 0 spiro atoms. The second-order valence-corrected chi connectivity index (χ2v) is 10.3. The minimum atomic E-state index is -0.659. The van der Waals surface area contributed by atoms with Crippen LogP contribution in [0, 0.1) is 0 Å². The molecule has 194 valence electrons. The van der Waals surface area contributed by atoms with Crippen molar-refractivity contribution in [1.82, 2.24) is 5.01 Å². The van der Waals surface area contributed by atoms with E-state index in [1.54, 1.807) is 30.3 Å². The number of hydrogen-bond donors (Lipinski definition) is 1. The van der Waals surface area contributed by atoms with Gasteiger partial charge in [-0.1, -0.05) is 65.8 Å². The summed E-state index contributed by atoms with van der Waals surface area (Å²) in [6.07, 6.45) is 0.592. The molecule has 0 saturated carbocycles. The number of thioether (sulfide) groups is 1. The third kappa shape index (κ3) is 5.54. The Labute approximate surface area is 229 Å². The molecule has 3 aromatic rings. The Hall–Kier alpha value is -3.82. The number of anilines is 1. The molecule has 38 heavy (non-hydrogen) atoms. The number of nitrogens with zero attached hydrogens (tertiary/aromatic N) is 3. The van der Waals surface area contributed by atoms with E-state index in [1.807, 2.05) is 54.6 Å². The van der Waals surface area contributed by atoms with Gasteiger partial charge in [-0.25, -0.2) is 5.01 Å². The Balaban J connectivity index is 1.33. The van der Waals surface area contributed by atoms with Gasteiger partial charge in [0.05, 0.1) is 31.7 Å². The molecule has 2 heterocycles. The van der Waals surface area contributed by atoms with E-state index in [0.29, 0.717) is 33.8 Å². The van der Waals surface area contributed by atoms with Gasteiger partial charge in [-0.15, -0.1) is 0 Å². The zero-order valence-corrected chi connectivity index (χ0v) is 22.3. The number of benzene rings is 3. The van der Waals surface area contributed by atoms with Gasteiger partial charge in [-0.2, -0.15) is 10.1 Å². The molecule has 2 aliphatic rings. The summed E-state index contributed by atoms with van der Waals surface area (Å²) in [4.78, 5) is 30.1. The van der Waals surface area contributed by atoms with Gasteiger partial charge in [0.15, 0.2) is 5.17 Å². The molecular weight excluding hydrogens is 524 g/mol. The van der Waals surface area contributed by atoms with Crippen LogP contribution in [-0.4, -0.2) is 47.2 Å². The Kier molecular flexibility index (Phi) is 7.67. The SMILES string of the molecule is COc1ccc(OC)c(NC(=O)C[C@H]2SC(N3N=C(c4ccc(Cl)cc4)C[C@@H]3c3ccccc3)=NC2=O)c1. The molecule has 0 fully saturated rings. The number of halogens is 1. The zero-order chi connectivity index (χ0) is 26.6. The Morgan fingerprint density at radius 3 is 2.55 bits per heavy atom. The average Bonchev–Trinajstić information content (AvgIpc) is 3.53. The number of nitrogens with one attached hydrogen (secondary N) is 1. The van der Waals surface area contributed by atoms with E-state index in [-0.39, 0.29) is 24.3 Å². The van der Waals surface area contributed by atoms with E-state index in [4.69, 9.17) is 26.2 Å². The lowest BCUT2D eigenvalue weighted by molar-refractivity contribution is -0.121. The van der Waals surface area contributed by atoms with Gasteiger partial charge < -0.3 is 14.8 Å². The maximum absolute atomic E-state index is 12.9. The maximum Gasteiger partial charge on any atom is 0.262 e. The van der Waals surface area contributed by atoms with Gasteiger partial charge in [0, 0.05) is 23.9 Å². The number of methoxy groups -OCH3 is 2. The highest BCUT2D eigenvalue weighted by molar-refractivity contribution is 8.15. The van der Waals surface area contributed by atoms with Crippen molar-refractivity contribution in [1.29, 1.82) is 0 Å². The molecule has 2 aliphatic heterocycles. The van der Waals surface area contributed by atoms with Crippen LogP contribution < -0.4 is 14.8 Å². The van der Waals surface area contributed by atoms with Gasteiger partial charge in [0.25, 0.3) is 5.91 Å². The number of carbonyl (C=O) groups excluding carboxylic acids is 2. The predicted octanol–water partition coefficient (Wildman–Crippen LogP) is 5.54. The summed E-state index contributed by atoms with van der Waals surface area (Å²) in [5.74, 6) is 0.381. The van der Waals surface area contributed by atoms with Crippen molar-refractivity contribution in [3.63, 3.8) is 0 Å². The van der Waals surface area contributed by atoms with E-state index in [9.17, 15) is 9.59 Å². The number of hydrogen-bond acceptors (Lipinski definition) is 7. The standard InChI is InChI=1S/C28H25ClN4O4S/c1-36-20-12-13-24(37-2)22(14-20)30-26(34)16-25-27(35)31-28(38-25)33-23(18-6-4-3-5-7-18)15-21(32-33)17-8-10-19(29)11-9-17/h3-14,23,25H,15-16H2,1-2H3,(H,30,34)/t23-,25-/m1/s1. The van der Waals surface area contributed by atoms with Crippen molar-refractivity contribution in [3.05, 3.63) is 88.9 Å². The molecule has 0 unspecified atom stereocenters. The lowest BCUT2D eigenvalue weighted by Crippen LogP contribution is -2.25. The fourth-order valence-corrected chi connectivity index (χ4v) is 5.51. The summed E-state index contributed by atoms with van der Waals surface area (Å²) in [6.45, 7) is 0. The van der Waals surface area contributed by atoms with Gasteiger partial charge in [0.1, 0.15) is 16.7 Å². The summed E-state index contributed by atoms with van der Waals surface area (Å²) in [6, 6.07) is 22.5. The number of rotatable bonds is 7. The van der Waals surface area contributed by atoms with Crippen LogP contribution in [0.5, 0.6) is 11.5 Å². The number of amides is 2. The first-order valence-corrected chi connectivity index (χ1v) is 13.2. The van der Waals surface area contributed by atoms with Crippen LogP contribution >= 0.6 is 23.4 Å². The number of ether oxygens (including phenoxy) is 2. The molecule has 10 heteroatoms. The monoisotopic (exact) mass is 548 g/mol. The second kappa shape index (κ2) is 11.3. The first kappa shape index (κ1) is 25.8. The van der Waals surface area contributed by atoms with Crippen LogP contribution in [0.25, 0.3) is 0 Å². The Morgan fingerprint density at radius 2 is 1.84 bits per heavy atom. The third-order valence-corrected chi connectivity index (χ3v) is 7.64. The molecule has 0 bridgehead atoms. The highest BCUT2D eigenvalue weighted by Gasteiger charge is 2.39. The maximum atomic E-state index is 12.9. The van der Waals surface area contributed by atoms with Crippen LogP contribution in [0.15, 0.2) is 82.9 Å². The van der Waals surface area contributed by atoms with Crippen molar-refractivity contribution >= 4 is 51.7 Å². The minimum Gasteiger partial charge on any atom is -0.497 e. The molecular formula is C28H25ClN4O4S. The van der Waals surface area contributed by atoms with Crippen LogP contribution in [0.2, 0.25) is 5.02 Å². The van der Waals surface area contributed by atoms with Crippen LogP contribution in [0.4, 0.5) is 5.69 Å². The predicted molar refractivity (Wildman–Crippen MR) is 150 cm³/mol. The summed E-state index contributed by atoms with van der Waals surface area (Å²) < 4.78 is 10.6. The smallest absolute Gasteiger partial charge is 0.262 e. The first-order valence-electron chi connectivity index (χ1n) is 11.9. The molecule has 2 amide bonds. The Morgan fingerprint density at radius 1 is 1.08 bits per heavy atom. The highest BCUT2D eigenvalue weighted by Crippen LogP contribution is 2.39. The molecule has 2 atom stereocenters. The fraction of sp³-hybridized carbons (Fsp3) is 0.214.